The first-order valence-corrected chi connectivity index (χ1v) is 6.34. The van der Waals surface area contributed by atoms with Gasteiger partial charge in [0.1, 0.15) is 5.82 Å². The number of halogens is 3. The summed E-state index contributed by atoms with van der Waals surface area (Å²) in [7, 11) is 1.89. The largest absolute Gasteiger partial charge is 0.451 e. The Kier molecular flexibility index (Phi) is 4.10. The van der Waals surface area contributed by atoms with Crippen molar-refractivity contribution in [3.05, 3.63) is 11.6 Å². The van der Waals surface area contributed by atoms with Crippen LogP contribution >= 0.6 is 0 Å². The van der Waals surface area contributed by atoms with E-state index in [1.54, 1.807) is 0 Å². The second-order valence-electron chi connectivity index (χ2n) is 4.72. The molecule has 1 aromatic rings. The summed E-state index contributed by atoms with van der Waals surface area (Å²) in [6.45, 7) is 4.18. The summed E-state index contributed by atoms with van der Waals surface area (Å²) in [4.78, 5) is 2.11. The van der Waals surface area contributed by atoms with E-state index >= 15 is 0 Å². The first kappa shape index (κ1) is 14.3. The van der Waals surface area contributed by atoms with Crippen molar-refractivity contribution in [1.29, 1.82) is 0 Å². The van der Waals surface area contributed by atoms with Gasteiger partial charge in [0.2, 0.25) is 5.82 Å². The molecule has 0 saturated heterocycles. The van der Waals surface area contributed by atoms with Crippen LogP contribution in [0.3, 0.4) is 0 Å². The second-order valence-corrected chi connectivity index (χ2v) is 4.72. The SMILES string of the molecule is CCC(CN1CCn2c(nnc2C(F)(F)F)C1)NC. The minimum absolute atomic E-state index is 0.289. The zero-order chi connectivity index (χ0) is 14.0. The third-order valence-corrected chi connectivity index (χ3v) is 3.47. The summed E-state index contributed by atoms with van der Waals surface area (Å²) in [5, 5.41) is 10.1. The van der Waals surface area contributed by atoms with Crippen LogP contribution in [0.25, 0.3) is 0 Å². The molecule has 0 spiro atoms. The standard InChI is InChI=1S/C11H18F3N5/c1-3-8(15-2)6-18-4-5-19-9(7-18)16-17-10(19)11(12,13)14/h8,15H,3-7H2,1-2H3. The molecule has 1 unspecified atom stereocenters. The monoisotopic (exact) mass is 277 g/mol. The number of alkyl halides is 3. The fourth-order valence-electron chi connectivity index (χ4n) is 2.31. The number of fused-ring (bicyclic) bond motifs is 1. The zero-order valence-electron chi connectivity index (χ0n) is 11.0. The number of nitrogens with one attached hydrogen (secondary N) is 1. The third kappa shape index (κ3) is 3.06. The molecule has 2 heterocycles. The van der Waals surface area contributed by atoms with E-state index in [4.69, 9.17) is 0 Å². The normalized spacial score (nSPS) is 18.4. The Balaban J connectivity index is 2.07. The summed E-state index contributed by atoms with van der Waals surface area (Å²) in [5.41, 5.74) is 0. The molecule has 19 heavy (non-hydrogen) atoms. The molecule has 0 aliphatic carbocycles. The van der Waals surface area contributed by atoms with E-state index < -0.39 is 12.0 Å². The third-order valence-electron chi connectivity index (χ3n) is 3.47. The molecule has 0 fully saturated rings. The minimum Gasteiger partial charge on any atom is -0.316 e. The predicted molar refractivity (Wildman–Crippen MR) is 63.4 cm³/mol. The topological polar surface area (TPSA) is 46.0 Å². The molecule has 0 amide bonds. The summed E-state index contributed by atoms with van der Waals surface area (Å²) in [5.74, 6) is -0.493. The van der Waals surface area contributed by atoms with Gasteiger partial charge in [-0.3, -0.25) is 4.90 Å². The number of hydrogen-bond acceptors (Lipinski definition) is 4. The van der Waals surface area contributed by atoms with Crippen LogP contribution in [-0.4, -0.2) is 45.8 Å². The van der Waals surface area contributed by atoms with Crippen LogP contribution in [-0.2, 0) is 19.3 Å². The molecule has 108 valence electrons. The molecule has 0 aromatic carbocycles. The van der Waals surface area contributed by atoms with Crippen molar-refractivity contribution >= 4 is 0 Å². The van der Waals surface area contributed by atoms with Crippen molar-refractivity contribution in [1.82, 2.24) is 25.0 Å². The fraction of sp³-hybridized carbons (Fsp3) is 0.818. The van der Waals surface area contributed by atoms with Crippen molar-refractivity contribution in [3.63, 3.8) is 0 Å². The van der Waals surface area contributed by atoms with Crippen LogP contribution < -0.4 is 5.32 Å². The van der Waals surface area contributed by atoms with Crippen molar-refractivity contribution in [2.75, 3.05) is 20.1 Å². The number of rotatable bonds is 4. The first-order valence-electron chi connectivity index (χ1n) is 6.34. The zero-order valence-corrected chi connectivity index (χ0v) is 11.0. The Morgan fingerprint density at radius 2 is 2.05 bits per heavy atom. The Hall–Kier alpha value is -1.15. The van der Waals surface area contributed by atoms with Crippen LogP contribution in [0.2, 0.25) is 0 Å². The average molecular weight is 277 g/mol. The van der Waals surface area contributed by atoms with Crippen LogP contribution in [0.5, 0.6) is 0 Å². The molecular weight excluding hydrogens is 259 g/mol. The number of hydrogen-bond donors (Lipinski definition) is 1. The molecular formula is C11H18F3N5. The van der Waals surface area contributed by atoms with Crippen LogP contribution in [0.4, 0.5) is 13.2 Å². The smallest absolute Gasteiger partial charge is 0.316 e. The minimum atomic E-state index is -4.43. The van der Waals surface area contributed by atoms with Gasteiger partial charge in [0.25, 0.3) is 0 Å². The predicted octanol–water partition coefficient (Wildman–Crippen LogP) is 1.11. The Morgan fingerprint density at radius 3 is 2.63 bits per heavy atom. The Labute approximate surface area is 109 Å². The lowest BCUT2D eigenvalue weighted by atomic mass is 10.2. The maximum absolute atomic E-state index is 12.7. The van der Waals surface area contributed by atoms with Gasteiger partial charge in [0.05, 0.1) is 6.54 Å². The van der Waals surface area contributed by atoms with Crippen molar-refractivity contribution in [2.45, 2.75) is 38.7 Å². The average Bonchev–Trinajstić information content (AvgIpc) is 2.78. The molecule has 0 radical (unpaired) electrons. The Morgan fingerprint density at radius 1 is 1.32 bits per heavy atom. The molecule has 5 nitrogen and oxygen atoms in total. The van der Waals surface area contributed by atoms with Gasteiger partial charge in [-0.05, 0) is 13.5 Å². The Bertz CT molecular complexity index is 424. The summed E-state index contributed by atoms with van der Waals surface area (Å²) in [6.07, 6.45) is -3.45. The van der Waals surface area contributed by atoms with E-state index in [0.717, 1.165) is 13.0 Å². The van der Waals surface area contributed by atoms with Crippen LogP contribution in [0, 0.1) is 0 Å². The van der Waals surface area contributed by atoms with Crippen LogP contribution in [0.1, 0.15) is 25.0 Å². The molecule has 0 saturated carbocycles. The molecule has 1 N–H and O–H groups in total. The van der Waals surface area contributed by atoms with Gasteiger partial charge in [-0.1, -0.05) is 6.92 Å². The van der Waals surface area contributed by atoms with Crippen molar-refractivity contribution < 1.29 is 13.2 Å². The van der Waals surface area contributed by atoms with Gasteiger partial charge in [0.15, 0.2) is 0 Å². The maximum Gasteiger partial charge on any atom is 0.451 e. The number of aromatic nitrogens is 3. The molecule has 1 aliphatic heterocycles. The highest BCUT2D eigenvalue weighted by atomic mass is 19.4. The van der Waals surface area contributed by atoms with Crippen molar-refractivity contribution in [2.24, 2.45) is 0 Å². The van der Waals surface area contributed by atoms with Gasteiger partial charge in [-0.15, -0.1) is 10.2 Å². The number of likely N-dealkylation sites (N-methyl/N-ethyl adjacent to an activating group) is 1. The summed E-state index contributed by atoms with van der Waals surface area (Å²) >= 11 is 0. The van der Waals surface area contributed by atoms with Crippen LogP contribution in [0.15, 0.2) is 0 Å². The molecule has 2 rings (SSSR count). The highest BCUT2D eigenvalue weighted by molar-refractivity contribution is 5.02. The lowest BCUT2D eigenvalue weighted by molar-refractivity contribution is -0.148. The van der Waals surface area contributed by atoms with E-state index in [1.807, 2.05) is 7.05 Å². The molecule has 1 aliphatic rings. The van der Waals surface area contributed by atoms with Crippen molar-refractivity contribution in [3.8, 4) is 0 Å². The van der Waals surface area contributed by atoms with Gasteiger partial charge in [-0.25, -0.2) is 0 Å². The molecule has 1 atom stereocenters. The van der Waals surface area contributed by atoms with Gasteiger partial charge in [-0.2, -0.15) is 13.2 Å². The van der Waals surface area contributed by atoms with E-state index in [-0.39, 0.29) is 6.54 Å². The quantitative estimate of drug-likeness (QED) is 0.895. The molecule has 0 bridgehead atoms. The van der Waals surface area contributed by atoms with Gasteiger partial charge >= 0.3 is 6.18 Å². The highest BCUT2D eigenvalue weighted by Gasteiger charge is 2.39. The first-order chi connectivity index (χ1) is 8.95. The van der Waals surface area contributed by atoms with E-state index in [9.17, 15) is 13.2 Å². The molecule has 8 heteroatoms. The maximum atomic E-state index is 12.7. The molecule has 1 aromatic heterocycles. The van der Waals surface area contributed by atoms with E-state index in [1.165, 1.54) is 4.57 Å². The second kappa shape index (κ2) is 5.46. The van der Waals surface area contributed by atoms with Gasteiger partial charge < -0.3 is 9.88 Å². The number of nitrogens with zero attached hydrogens (tertiary/aromatic N) is 4. The summed E-state index contributed by atoms with van der Waals surface area (Å²) < 4.78 is 39.2. The van der Waals surface area contributed by atoms with E-state index in [0.29, 0.717) is 25.0 Å². The fourth-order valence-corrected chi connectivity index (χ4v) is 2.31. The summed E-state index contributed by atoms with van der Waals surface area (Å²) in [6, 6.07) is 0.344. The highest BCUT2D eigenvalue weighted by Crippen LogP contribution is 2.29. The van der Waals surface area contributed by atoms with Gasteiger partial charge in [0, 0.05) is 25.7 Å². The lowest BCUT2D eigenvalue weighted by Gasteiger charge is -2.30. The lowest BCUT2D eigenvalue weighted by Crippen LogP contribution is -2.43. The van der Waals surface area contributed by atoms with E-state index in [2.05, 4.69) is 27.3 Å².